The molecule has 2 amide bonds. The third kappa shape index (κ3) is 5.65. The number of nitrogens with one attached hydrogen (secondary N) is 1. The maximum atomic E-state index is 12.0. The van der Waals surface area contributed by atoms with Crippen molar-refractivity contribution in [2.45, 2.75) is 11.8 Å². The van der Waals surface area contributed by atoms with Crippen molar-refractivity contribution in [1.29, 1.82) is 0 Å². The first kappa shape index (κ1) is 18.5. The summed E-state index contributed by atoms with van der Waals surface area (Å²) in [5.74, 6) is -1.35. The predicted octanol–water partition coefficient (Wildman–Crippen LogP) is 2.37. The molecule has 0 aliphatic carbocycles. The molecule has 0 unspecified atom stereocenters. The van der Waals surface area contributed by atoms with Gasteiger partial charge in [-0.1, -0.05) is 30.3 Å². The van der Waals surface area contributed by atoms with E-state index in [0.29, 0.717) is 16.1 Å². The summed E-state index contributed by atoms with van der Waals surface area (Å²) in [5, 5.41) is 2.67. The molecule has 0 aliphatic rings. The molecule has 130 valence electrons. The smallest absolute Gasteiger partial charge is 0.338 e. The molecule has 2 aromatic carbocycles. The summed E-state index contributed by atoms with van der Waals surface area (Å²) in [6.45, 7) is 1.39. The normalized spacial score (nSPS) is 10.1. The lowest BCUT2D eigenvalue weighted by Gasteiger charge is -2.11. The lowest BCUT2D eigenvalue weighted by atomic mass is 10.1. The highest BCUT2D eigenvalue weighted by Crippen LogP contribution is 2.26. The lowest BCUT2D eigenvalue weighted by molar-refractivity contribution is -0.119. The Morgan fingerprint density at radius 3 is 2.48 bits per heavy atom. The van der Waals surface area contributed by atoms with E-state index in [-0.39, 0.29) is 5.75 Å². The van der Waals surface area contributed by atoms with Gasteiger partial charge < -0.3 is 15.8 Å². The Balaban J connectivity index is 1.93. The van der Waals surface area contributed by atoms with Crippen molar-refractivity contribution in [3.8, 4) is 0 Å². The monoisotopic (exact) mass is 358 g/mol. The standard InChI is InChI=1S/C18H18N2O4S/c1-12-6-2-3-7-13(12)18(23)24-10-17(22)20-14-8-4-5-9-15(14)25-11-16(19)21/h2-9H,10-11H2,1H3,(H2,19,21)(H,20,22). The fraction of sp³-hybridized carbons (Fsp3) is 0.167. The summed E-state index contributed by atoms with van der Waals surface area (Å²) in [5.41, 5.74) is 6.87. The summed E-state index contributed by atoms with van der Waals surface area (Å²) in [7, 11) is 0. The van der Waals surface area contributed by atoms with Crippen molar-refractivity contribution in [2.75, 3.05) is 17.7 Å². The summed E-state index contributed by atoms with van der Waals surface area (Å²) in [6, 6.07) is 14.0. The van der Waals surface area contributed by atoms with Gasteiger partial charge in [-0.25, -0.2) is 4.79 Å². The van der Waals surface area contributed by atoms with Gasteiger partial charge in [0.2, 0.25) is 5.91 Å². The first-order chi connectivity index (χ1) is 12.0. The van der Waals surface area contributed by atoms with Gasteiger partial charge in [0.05, 0.1) is 17.0 Å². The van der Waals surface area contributed by atoms with Crippen molar-refractivity contribution in [1.82, 2.24) is 0 Å². The van der Waals surface area contributed by atoms with Crippen molar-refractivity contribution >= 4 is 35.2 Å². The topological polar surface area (TPSA) is 98.5 Å². The largest absolute Gasteiger partial charge is 0.452 e. The van der Waals surface area contributed by atoms with Crippen LogP contribution in [0.1, 0.15) is 15.9 Å². The molecule has 0 aliphatic heterocycles. The number of primary amides is 1. The lowest BCUT2D eigenvalue weighted by Crippen LogP contribution is -2.21. The van der Waals surface area contributed by atoms with E-state index in [1.807, 2.05) is 6.07 Å². The molecule has 0 atom stereocenters. The second kappa shape index (κ2) is 8.89. The predicted molar refractivity (Wildman–Crippen MR) is 96.5 cm³/mol. The number of hydrogen-bond donors (Lipinski definition) is 2. The maximum absolute atomic E-state index is 12.0. The van der Waals surface area contributed by atoms with Gasteiger partial charge in [0.15, 0.2) is 6.61 Å². The van der Waals surface area contributed by atoms with Gasteiger partial charge in [0.25, 0.3) is 5.91 Å². The average molecular weight is 358 g/mol. The first-order valence-corrected chi connectivity index (χ1v) is 8.48. The van der Waals surface area contributed by atoms with Gasteiger partial charge in [0, 0.05) is 4.90 Å². The number of amides is 2. The zero-order valence-electron chi connectivity index (χ0n) is 13.7. The summed E-state index contributed by atoms with van der Waals surface area (Å²) in [4.78, 5) is 35.7. The van der Waals surface area contributed by atoms with Crippen LogP contribution in [-0.4, -0.2) is 30.1 Å². The Kier molecular flexibility index (Phi) is 6.59. The molecule has 0 fully saturated rings. The molecule has 2 aromatic rings. The number of ether oxygens (including phenoxy) is 1. The number of anilines is 1. The minimum atomic E-state index is -0.551. The van der Waals surface area contributed by atoms with Gasteiger partial charge in [-0.15, -0.1) is 11.8 Å². The van der Waals surface area contributed by atoms with Crippen LogP contribution in [0.4, 0.5) is 5.69 Å². The number of aryl methyl sites for hydroxylation is 1. The first-order valence-electron chi connectivity index (χ1n) is 7.50. The van der Waals surface area contributed by atoms with E-state index in [2.05, 4.69) is 5.32 Å². The van der Waals surface area contributed by atoms with Gasteiger partial charge in [-0.2, -0.15) is 0 Å². The molecule has 2 rings (SSSR count). The van der Waals surface area contributed by atoms with Gasteiger partial charge >= 0.3 is 5.97 Å². The van der Waals surface area contributed by atoms with E-state index in [0.717, 1.165) is 5.56 Å². The van der Waals surface area contributed by atoms with E-state index >= 15 is 0 Å². The Morgan fingerprint density at radius 1 is 1.08 bits per heavy atom. The number of esters is 1. The van der Waals surface area contributed by atoms with E-state index < -0.39 is 24.4 Å². The van der Waals surface area contributed by atoms with Crippen LogP contribution in [0.15, 0.2) is 53.4 Å². The SMILES string of the molecule is Cc1ccccc1C(=O)OCC(=O)Nc1ccccc1SCC(N)=O. The summed E-state index contributed by atoms with van der Waals surface area (Å²) >= 11 is 1.22. The molecular weight excluding hydrogens is 340 g/mol. The number of hydrogen-bond acceptors (Lipinski definition) is 5. The highest BCUT2D eigenvalue weighted by Gasteiger charge is 2.13. The van der Waals surface area contributed by atoms with Crippen LogP contribution in [0.5, 0.6) is 0 Å². The van der Waals surface area contributed by atoms with Gasteiger partial charge in [-0.05, 0) is 30.7 Å². The van der Waals surface area contributed by atoms with E-state index in [9.17, 15) is 14.4 Å². The Labute approximate surface area is 149 Å². The van der Waals surface area contributed by atoms with Crippen LogP contribution < -0.4 is 11.1 Å². The number of carbonyl (C=O) groups is 3. The second-order valence-corrected chi connectivity index (χ2v) is 6.21. The van der Waals surface area contributed by atoms with Crippen molar-refractivity contribution in [2.24, 2.45) is 5.73 Å². The van der Waals surface area contributed by atoms with Crippen molar-refractivity contribution in [3.05, 3.63) is 59.7 Å². The average Bonchev–Trinajstić information content (AvgIpc) is 2.59. The number of nitrogens with two attached hydrogens (primary N) is 1. The number of benzene rings is 2. The molecule has 25 heavy (non-hydrogen) atoms. The van der Waals surface area contributed by atoms with Gasteiger partial charge in [-0.3, -0.25) is 9.59 Å². The number of thioether (sulfide) groups is 1. The second-order valence-electron chi connectivity index (χ2n) is 5.19. The fourth-order valence-electron chi connectivity index (χ4n) is 2.04. The molecule has 7 heteroatoms. The highest BCUT2D eigenvalue weighted by molar-refractivity contribution is 8.00. The van der Waals surface area contributed by atoms with Crippen molar-refractivity contribution in [3.63, 3.8) is 0 Å². The fourth-order valence-corrected chi connectivity index (χ4v) is 2.79. The molecule has 0 saturated carbocycles. The Morgan fingerprint density at radius 2 is 1.76 bits per heavy atom. The number of para-hydroxylation sites is 1. The molecule has 0 saturated heterocycles. The summed E-state index contributed by atoms with van der Waals surface area (Å²) in [6.07, 6.45) is 0. The van der Waals surface area contributed by atoms with Crippen LogP contribution in [0.2, 0.25) is 0 Å². The third-order valence-corrected chi connectivity index (χ3v) is 4.33. The summed E-state index contributed by atoms with van der Waals surface area (Å²) < 4.78 is 5.05. The molecule has 0 heterocycles. The van der Waals surface area contributed by atoms with Crippen molar-refractivity contribution < 1.29 is 19.1 Å². The minimum absolute atomic E-state index is 0.106. The molecule has 6 nitrogen and oxygen atoms in total. The van der Waals surface area contributed by atoms with E-state index in [1.165, 1.54) is 11.8 Å². The van der Waals surface area contributed by atoms with E-state index in [1.54, 1.807) is 49.4 Å². The Hall–Kier alpha value is -2.80. The quantitative estimate of drug-likeness (QED) is 0.585. The zero-order valence-corrected chi connectivity index (χ0v) is 14.5. The maximum Gasteiger partial charge on any atom is 0.338 e. The molecule has 0 aromatic heterocycles. The number of rotatable bonds is 7. The number of carbonyl (C=O) groups excluding carboxylic acids is 3. The van der Waals surface area contributed by atoms with Crippen LogP contribution in [0.25, 0.3) is 0 Å². The van der Waals surface area contributed by atoms with E-state index in [4.69, 9.17) is 10.5 Å². The van der Waals surface area contributed by atoms with Crippen LogP contribution in [0.3, 0.4) is 0 Å². The Bertz CT molecular complexity index is 792. The third-order valence-electron chi connectivity index (χ3n) is 3.23. The van der Waals surface area contributed by atoms with Crippen LogP contribution in [-0.2, 0) is 14.3 Å². The van der Waals surface area contributed by atoms with Crippen LogP contribution >= 0.6 is 11.8 Å². The van der Waals surface area contributed by atoms with Crippen LogP contribution in [0, 0.1) is 6.92 Å². The molecule has 0 bridgehead atoms. The van der Waals surface area contributed by atoms with Gasteiger partial charge in [0.1, 0.15) is 0 Å². The highest BCUT2D eigenvalue weighted by atomic mass is 32.2. The molecule has 0 spiro atoms. The molecular formula is C18H18N2O4S. The molecule has 3 N–H and O–H groups in total. The minimum Gasteiger partial charge on any atom is -0.452 e. The molecule has 0 radical (unpaired) electrons. The zero-order chi connectivity index (χ0) is 18.2.